The van der Waals surface area contributed by atoms with E-state index in [1.165, 1.54) is 38.5 Å². The lowest BCUT2D eigenvalue weighted by Gasteiger charge is -2.04. The molecule has 0 aromatic rings. The molecule has 0 saturated carbocycles. The van der Waals surface area contributed by atoms with E-state index < -0.39 is 0 Å². The Balaban J connectivity index is 3.11. The van der Waals surface area contributed by atoms with Gasteiger partial charge in [-0.1, -0.05) is 44.8 Å². The minimum atomic E-state index is -0.0191. The second-order valence-electron chi connectivity index (χ2n) is 4.59. The van der Waals surface area contributed by atoms with Gasteiger partial charge < -0.3 is 5.32 Å². The summed E-state index contributed by atoms with van der Waals surface area (Å²) in [6.07, 6.45) is 11.9. The van der Waals surface area contributed by atoms with Gasteiger partial charge in [-0.3, -0.25) is 4.79 Å². The van der Waals surface area contributed by atoms with E-state index in [0.29, 0.717) is 5.57 Å². The molecular weight excluding hydrogens is 210 g/mol. The third-order valence-electron chi connectivity index (χ3n) is 2.76. The Morgan fingerprint density at radius 2 is 1.59 bits per heavy atom. The minimum Gasteiger partial charge on any atom is -0.352 e. The van der Waals surface area contributed by atoms with Gasteiger partial charge >= 0.3 is 0 Å². The molecule has 2 heteroatoms. The zero-order valence-electron chi connectivity index (χ0n) is 11.3. The lowest BCUT2D eigenvalue weighted by Crippen LogP contribution is -2.24. The smallest absolute Gasteiger partial charge is 0.246 e. The maximum absolute atomic E-state index is 11.2. The second kappa shape index (κ2) is 11.4. The van der Waals surface area contributed by atoms with Crippen LogP contribution in [0.1, 0.15) is 58.3 Å². The quantitative estimate of drug-likeness (QED) is 0.328. The van der Waals surface area contributed by atoms with Crippen molar-refractivity contribution in [2.45, 2.75) is 58.3 Å². The van der Waals surface area contributed by atoms with Crippen LogP contribution in [0.3, 0.4) is 0 Å². The van der Waals surface area contributed by atoms with Crippen LogP contribution in [0.25, 0.3) is 0 Å². The normalized spacial score (nSPS) is 9.94. The number of allylic oxidation sites excluding steroid dienone is 1. The molecule has 1 N–H and O–H groups in total. The van der Waals surface area contributed by atoms with E-state index in [2.05, 4.69) is 18.5 Å². The number of carbonyl (C=O) groups excluding carboxylic acids is 1. The highest BCUT2D eigenvalue weighted by atomic mass is 16.1. The maximum Gasteiger partial charge on any atom is 0.246 e. The largest absolute Gasteiger partial charge is 0.352 e. The standard InChI is InChI=1S/C15H27NO/c1-4-5-6-7-8-9-10-11-12-13-16-15(17)14(2)3/h4H,1-2,5-13H2,3H3,(H,16,17). The lowest BCUT2D eigenvalue weighted by atomic mass is 10.1. The summed E-state index contributed by atoms with van der Waals surface area (Å²) in [6, 6.07) is 0. The summed E-state index contributed by atoms with van der Waals surface area (Å²) in [5.74, 6) is -0.0191. The van der Waals surface area contributed by atoms with Gasteiger partial charge in [-0.25, -0.2) is 0 Å². The van der Waals surface area contributed by atoms with Crippen molar-refractivity contribution in [3.8, 4) is 0 Å². The van der Waals surface area contributed by atoms with Crippen LogP contribution in [-0.4, -0.2) is 12.5 Å². The van der Waals surface area contributed by atoms with Crippen molar-refractivity contribution in [3.63, 3.8) is 0 Å². The molecule has 0 spiro atoms. The Hall–Kier alpha value is -1.05. The lowest BCUT2D eigenvalue weighted by molar-refractivity contribution is -0.117. The number of hydrogen-bond acceptors (Lipinski definition) is 1. The second-order valence-corrected chi connectivity index (χ2v) is 4.59. The third kappa shape index (κ3) is 11.2. The molecule has 2 nitrogen and oxygen atoms in total. The third-order valence-corrected chi connectivity index (χ3v) is 2.76. The summed E-state index contributed by atoms with van der Waals surface area (Å²) < 4.78 is 0. The number of nitrogens with one attached hydrogen (secondary N) is 1. The molecular formula is C15H27NO. The fourth-order valence-electron chi connectivity index (χ4n) is 1.65. The Labute approximate surface area is 106 Å². The molecule has 17 heavy (non-hydrogen) atoms. The number of hydrogen-bond donors (Lipinski definition) is 1. The van der Waals surface area contributed by atoms with Gasteiger partial charge in [-0.05, 0) is 26.2 Å². The van der Waals surface area contributed by atoms with E-state index in [0.717, 1.165) is 19.4 Å². The molecule has 0 bridgehead atoms. The molecule has 0 saturated heterocycles. The highest BCUT2D eigenvalue weighted by molar-refractivity contribution is 5.91. The number of rotatable bonds is 11. The monoisotopic (exact) mass is 237 g/mol. The molecule has 98 valence electrons. The Kier molecular flexibility index (Phi) is 10.7. The van der Waals surface area contributed by atoms with E-state index in [1.54, 1.807) is 6.92 Å². The molecule has 0 radical (unpaired) electrons. The van der Waals surface area contributed by atoms with Crippen molar-refractivity contribution in [1.29, 1.82) is 0 Å². The highest BCUT2D eigenvalue weighted by Crippen LogP contribution is 2.08. The molecule has 1 amide bonds. The van der Waals surface area contributed by atoms with Crippen molar-refractivity contribution in [1.82, 2.24) is 5.32 Å². The highest BCUT2D eigenvalue weighted by Gasteiger charge is 1.99. The van der Waals surface area contributed by atoms with Gasteiger partial charge in [0.25, 0.3) is 0 Å². The molecule has 0 heterocycles. The molecule has 0 aliphatic heterocycles. The molecule has 0 fully saturated rings. The van der Waals surface area contributed by atoms with E-state index in [1.807, 2.05) is 6.08 Å². The van der Waals surface area contributed by atoms with Crippen molar-refractivity contribution in [2.75, 3.05) is 6.54 Å². The van der Waals surface area contributed by atoms with Crippen molar-refractivity contribution >= 4 is 5.91 Å². The molecule has 0 aliphatic rings. The predicted molar refractivity (Wildman–Crippen MR) is 75.0 cm³/mol. The van der Waals surface area contributed by atoms with Gasteiger partial charge in [0, 0.05) is 12.1 Å². The van der Waals surface area contributed by atoms with Crippen molar-refractivity contribution in [3.05, 3.63) is 24.8 Å². The first-order chi connectivity index (χ1) is 8.18. The molecule has 0 rings (SSSR count). The molecule has 0 atom stereocenters. The van der Waals surface area contributed by atoms with E-state index in [4.69, 9.17) is 0 Å². The number of amides is 1. The Morgan fingerprint density at radius 3 is 2.12 bits per heavy atom. The molecule has 0 unspecified atom stereocenters. The first-order valence-corrected chi connectivity index (χ1v) is 6.73. The first kappa shape index (κ1) is 16.0. The average Bonchev–Trinajstić information content (AvgIpc) is 2.31. The van der Waals surface area contributed by atoms with Crippen LogP contribution in [-0.2, 0) is 4.79 Å². The van der Waals surface area contributed by atoms with Crippen LogP contribution in [0.15, 0.2) is 24.8 Å². The molecule has 0 aliphatic carbocycles. The van der Waals surface area contributed by atoms with E-state index >= 15 is 0 Å². The van der Waals surface area contributed by atoms with Crippen molar-refractivity contribution < 1.29 is 4.79 Å². The van der Waals surface area contributed by atoms with Crippen LogP contribution >= 0.6 is 0 Å². The summed E-state index contributed by atoms with van der Waals surface area (Å²) in [6.45, 7) is 9.83. The summed E-state index contributed by atoms with van der Waals surface area (Å²) in [7, 11) is 0. The van der Waals surface area contributed by atoms with Crippen LogP contribution in [0.2, 0.25) is 0 Å². The SMILES string of the molecule is C=CCCCCCCCCCNC(=O)C(=C)C. The van der Waals surface area contributed by atoms with Crippen molar-refractivity contribution in [2.24, 2.45) is 0 Å². The maximum atomic E-state index is 11.2. The Bertz CT molecular complexity index is 233. The van der Waals surface area contributed by atoms with Crippen LogP contribution in [0.4, 0.5) is 0 Å². The Morgan fingerprint density at radius 1 is 1.06 bits per heavy atom. The first-order valence-electron chi connectivity index (χ1n) is 6.73. The summed E-state index contributed by atoms with van der Waals surface area (Å²) >= 11 is 0. The average molecular weight is 237 g/mol. The number of carbonyl (C=O) groups is 1. The van der Waals surface area contributed by atoms with Gasteiger partial charge in [0.15, 0.2) is 0 Å². The van der Waals surface area contributed by atoms with E-state index in [9.17, 15) is 4.79 Å². The topological polar surface area (TPSA) is 29.1 Å². The predicted octanol–water partition coefficient (Wildman–Crippen LogP) is 3.99. The zero-order valence-corrected chi connectivity index (χ0v) is 11.3. The van der Waals surface area contributed by atoms with Gasteiger partial charge in [-0.15, -0.1) is 6.58 Å². The van der Waals surface area contributed by atoms with Gasteiger partial charge in [-0.2, -0.15) is 0 Å². The van der Waals surface area contributed by atoms with Gasteiger partial charge in [0.2, 0.25) is 5.91 Å². The summed E-state index contributed by atoms with van der Waals surface area (Å²) in [5.41, 5.74) is 0.590. The zero-order chi connectivity index (χ0) is 12.9. The van der Waals surface area contributed by atoms with Crippen LogP contribution in [0.5, 0.6) is 0 Å². The summed E-state index contributed by atoms with van der Waals surface area (Å²) in [5, 5.41) is 2.85. The number of unbranched alkanes of at least 4 members (excludes halogenated alkanes) is 7. The fraction of sp³-hybridized carbons (Fsp3) is 0.667. The minimum absolute atomic E-state index is 0.0191. The fourth-order valence-corrected chi connectivity index (χ4v) is 1.65. The molecule has 0 aromatic heterocycles. The van der Waals surface area contributed by atoms with Gasteiger partial charge in [0.1, 0.15) is 0 Å². The summed E-state index contributed by atoms with van der Waals surface area (Å²) in [4.78, 5) is 11.2. The van der Waals surface area contributed by atoms with Crippen LogP contribution < -0.4 is 5.32 Å². The molecule has 0 aromatic carbocycles. The van der Waals surface area contributed by atoms with Gasteiger partial charge in [0.05, 0.1) is 0 Å². The van der Waals surface area contributed by atoms with Crippen LogP contribution in [0, 0.1) is 0 Å². The van der Waals surface area contributed by atoms with E-state index in [-0.39, 0.29) is 5.91 Å².